The van der Waals surface area contributed by atoms with Gasteiger partial charge in [0.2, 0.25) is 0 Å². The zero-order valence-corrected chi connectivity index (χ0v) is 15.5. The summed E-state index contributed by atoms with van der Waals surface area (Å²) in [6.45, 7) is 2.49. The van der Waals surface area contributed by atoms with Crippen molar-refractivity contribution in [2.75, 3.05) is 0 Å². The molecule has 0 amide bonds. The lowest BCUT2D eigenvalue weighted by molar-refractivity contribution is 0.540. The van der Waals surface area contributed by atoms with E-state index in [1.807, 2.05) is 49.4 Å². The number of aryl methyl sites for hydroxylation is 1. The van der Waals surface area contributed by atoms with E-state index in [2.05, 4.69) is 4.57 Å². The molecule has 3 nitrogen and oxygen atoms in total. The molecule has 0 saturated carbocycles. The highest BCUT2D eigenvalue weighted by Gasteiger charge is 2.17. The van der Waals surface area contributed by atoms with Gasteiger partial charge in [0.1, 0.15) is 5.76 Å². The van der Waals surface area contributed by atoms with E-state index in [1.54, 1.807) is 6.07 Å². The van der Waals surface area contributed by atoms with Crippen molar-refractivity contribution in [3.8, 4) is 11.6 Å². The van der Waals surface area contributed by atoms with Crippen molar-refractivity contribution in [2.45, 2.75) is 13.5 Å². The second kappa shape index (κ2) is 6.41. The van der Waals surface area contributed by atoms with Gasteiger partial charge in [-0.25, -0.2) is 4.98 Å². The Morgan fingerprint density at radius 3 is 2.52 bits per heavy atom. The fraction of sp³-hybridized carbons (Fsp3) is 0.105. The molecule has 0 saturated heterocycles. The first-order chi connectivity index (χ1) is 12.0. The van der Waals surface area contributed by atoms with E-state index in [1.165, 1.54) is 0 Å². The molecule has 4 aromatic rings. The Hall–Kier alpha value is -1.94. The van der Waals surface area contributed by atoms with Crippen LogP contribution in [0.2, 0.25) is 15.1 Å². The average Bonchev–Trinajstić information content (AvgIpc) is 3.13. The SMILES string of the molecule is Cc1ccc(-c2nc3cc(Cl)c(Cl)cc3n2Cc2cccc(Cl)c2)o1. The number of halogens is 3. The number of hydrogen-bond acceptors (Lipinski definition) is 2. The van der Waals surface area contributed by atoms with Crippen molar-refractivity contribution in [2.24, 2.45) is 0 Å². The molecule has 0 N–H and O–H groups in total. The summed E-state index contributed by atoms with van der Waals surface area (Å²) in [4.78, 5) is 4.71. The van der Waals surface area contributed by atoms with E-state index in [-0.39, 0.29) is 0 Å². The van der Waals surface area contributed by atoms with E-state index >= 15 is 0 Å². The Kier molecular flexibility index (Phi) is 4.24. The Balaban J connectivity index is 1.93. The van der Waals surface area contributed by atoms with Crippen molar-refractivity contribution >= 4 is 45.8 Å². The summed E-state index contributed by atoms with van der Waals surface area (Å²) in [6, 6.07) is 15.2. The molecule has 0 aliphatic rings. The third-order valence-corrected chi connectivity index (χ3v) is 4.94. The molecule has 25 heavy (non-hydrogen) atoms. The Morgan fingerprint density at radius 1 is 1.00 bits per heavy atom. The molecular weight excluding hydrogens is 379 g/mol. The number of rotatable bonds is 3. The van der Waals surface area contributed by atoms with Crippen LogP contribution >= 0.6 is 34.8 Å². The Labute approximate surface area is 159 Å². The predicted octanol–water partition coefficient (Wildman–Crippen LogP) is 6.61. The van der Waals surface area contributed by atoms with Gasteiger partial charge in [0.15, 0.2) is 11.6 Å². The summed E-state index contributed by atoms with van der Waals surface area (Å²) in [5.41, 5.74) is 2.71. The number of aromatic nitrogens is 2. The second-order valence-electron chi connectivity index (χ2n) is 5.82. The third kappa shape index (κ3) is 3.15. The molecule has 2 aromatic carbocycles. The third-order valence-electron chi connectivity index (χ3n) is 3.98. The number of nitrogens with zero attached hydrogens (tertiary/aromatic N) is 2. The molecule has 0 aliphatic heterocycles. The van der Waals surface area contributed by atoms with Crippen molar-refractivity contribution < 1.29 is 4.42 Å². The van der Waals surface area contributed by atoms with E-state index in [9.17, 15) is 0 Å². The van der Waals surface area contributed by atoms with Gasteiger partial charge >= 0.3 is 0 Å². The lowest BCUT2D eigenvalue weighted by Crippen LogP contribution is -2.02. The summed E-state index contributed by atoms with van der Waals surface area (Å²) in [5.74, 6) is 2.25. The molecule has 2 aromatic heterocycles. The predicted molar refractivity (Wildman–Crippen MR) is 103 cm³/mol. The number of imidazole rings is 1. The van der Waals surface area contributed by atoms with Crippen molar-refractivity contribution in [3.05, 3.63) is 74.9 Å². The van der Waals surface area contributed by atoms with E-state index in [0.717, 1.165) is 28.2 Å². The van der Waals surface area contributed by atoms with Gasteiger partial charge in [0.05, 0.1) is 21.1 Å². The Morgan fingerprint density at radius 2 is 1.80 bits per heavy atom. The molecule has 0 fully saturated rings. The summed E-state index contributed by atoms with van der Waals surface area (Å²) in [5, 5.41) is 1.66. The topological polar surface area (TPSA) is 31.0 Å². The lowest BCUT2D eigenvalue weighted by atomic mass is 10.2. The summed E-state index contributed by atoms with van der Waals surface area (Å²) in [6.07, 6.45) is 0. The van der Waals surface area contributed by atoms with Crippen molar-refractivity contribution in [3.63, 3.8) is 0 Å². The number of furan rings is 1. The Bertz CT molecular complexity index is 1080. The van der Waals surface area contributed by atoms with Gasteiger partial charge in [-0.05, 0) is 48.9 Å². The average molecular weight is 392 g/mol. The van der Waals surface area contributed by atoms with Gasteiger partial charge in [-0.3, -0.25) is 0 Å². The molecule has 0 radical (unpaired) electrons. The minimum absolute atomic E-state index is 0.476. The molecule has 0 atom stereocenters. The van der Waals surface area contributed by atoms with Crippen LogP contribution < -0.4 is 0 Å². The minimum Gasteiger partial charge on any atom is -0.458 e. The maximum atomic E-state index is 6.23. The van der Waals surface area contributed by atoms with Crippen LogP contribution in [0.15, 0.2) is 52.9 Å². The highest BCUT2D eigenvalue weighted by molar-refractivity contribution is 6.42. The molecule has 6 heteroatoms. The zero-order valence-electron chi connectivity index (χ0n) is 13.3. The van der Waals surface area contributed by atoms with Crippen LogP contribution in [-0.2, 0) is 6.54 Å². The van der Waals surface area contributed by atoms with Crippen molar-refractivity contribution in [1.82, 2.24) is 9.55 Å². The lowest BCUT2D eigenvalue weighted by Gasteiger charge is -2.09. The highest BCUT2D eigenvalue weighted by atomic mass is 35.5. The molecule has 126 valence electrons. The van der Waals surface area contributed by atoms with E-state index in [4.69, 9.17) is 44.2 Å². The van der Waals surface area contributed by atoms with Gasteiger partial charge in [-0.1, -0.05) is 46.9 Å². The largest absolute Gasteiger partial charge is 0.458 e. The molecule has 4 rings (SSSR count). The molecule has 0 unspecified atom stereocenters. The number of benzene rings is 2. The van der Waals surface area contributed by atoms with E-state index < -0.39 is 0 Å². The first-order valence-electron chi connectivity index (χ1n) is 7.68. The minimum atomic E-state index is 0.476. The molecule has 0 spiro atoms. The maximum absolute atomic E-state index is 6.23. The zero-order chi connectivity index (χ0) is 17.6. The molecular formula is C19H13Cl3N2O. The van der Waals surface area contributed by atoms with Crippen LogP contribution in [0, 0.1) is 6.92 Å². The van der Waals surface area contributed by atoms with Crippen LogP contribution in [0.3, 0.4) is 0 Å². The maximum Gasteiger partial charge on any atom is 0.177 e. The number of hydrogen-bond donors (Lipinski definition) is 0. The highest BCUT2D eigenvalue weighted by Crippen LogP contribution is 2.32. The quantitative estimate of drug-likeness (QED) is 0.393. The van der Waals surface area contributed by atoms with Gasteiger partial charge in [-0.15, -0.1) is 0 Å². The molecule has 2 heterocycles. The summed E-state index contributed by atoms with van der Waals surface area (Å²) < 4.78 is 7.84. The number of fused-ring (bicyclic) bond motifs is 1. The van der Waals surface area contributed by atoms with E-state index in [0.29, 0.717) is 27.4 Å². The van der Waals surface area contributed by atoms with Gasteiger partial charge in [0.25, 0.3) is 0 Å². The van der Waals surface area contributed by atoms with Gasteiger partial charge in [0, 0.05) is 11.6 Å². The standard InChI is InChI=1S/C19H13Cl3N2O/c1-11-5-6-18(25-11)19-23-16-8-14(21)15(22)9-17(16)24(19)10-12-3-2-4-13(20)7-12/h2-9H,10H2,1H3. The van der Waals surface area contributed by atoms with Crippen LogP contribution in [0.25, 0.3) is 22.6 Å². The first kappa shape index (κ1) is 16.5. The van der Waals surface area contributed by atoms with Crippen LogP contribution in [0.1, 0.15) is 11.3 Å². The smallest absolute Gasteiger partial charge is 0.177 e. The molecule has 0 bridgehead atoms. The normalized spacial score (nSPS) is 11.4. The van der Waals surface area contributed by atoms with Crippen LogP contribution in [-0.4, -0.2) is 9.55 Å². The monoisotopic (exact) mass is 390 g/mol. The summed E-state index contributed by atoms with van der Waals surface area (Å²) in [7, 11) is 0. The second-order valence-corrected chi connectivity index (χ2v) is 7.07. The molecule has 0 aliphatic carbocycles. The fourth-order valence-corrected chi connectivity index (χ4v) is 3.37. The first-order valence-corrected chi connectivity index (χ1v) is 8.81. The van der Waals surface area contributed by atoms with Crippen molar-refractivity contribution in [1.29, 1.82) is 0 Å². The summed E-state index contributed by atoms with van der Waals surface area (Å²) >= 11 is 18.5. The van der Waals surface area contributed by atoms with Gasteiger partial charge in [-0.2, -0.15) is 0 Å². The van der Waals surface area contributed by atoms with Crippen LogP contribution in [0.4, 0.5) is 0 Å². The fourth-order valence-electron chi connectivity index (χ4n) is 2.84. The van der Waals surface area contributed by atoms with Crippen LogP contribution in [0.5, 0.6) is 0 Å². The van der Waals surface area contributed by atoms with Gasteiger partial charge < -0.3 is 8.98 Å².